The van der Waals surface area contributed by atoms with Crippen LogP contribution in [0.1, 0.15) is 12.8 Å². The highest BCUT2D eigenvalue weighted by atomic mass is 79.9. The summed E-state index contributed by atoms with van der Waals surface area (Å²) in [6.07, 6.45) is -4.19. The van der Waals surface area contributed by atoms with Gasteiger partial charge in [-0.25, -0.2) is 19.3 Å². The molecule has 0 spiro atoms. The van der Waals surface area contributed by atoms with Gasteiger partial charge in [-0.1, -0.05) is 15.9 Å². The molecule has 14 heteroatoms. The lowest BCUT2D eigenvalue weighted by Gasteiger charge is -2.36. The number of aliphatic hydroxyl groups is 6. The van der Waals surface area contributed by atoms with Gasteiger partial charge in [-0.3, -0.25) is 0 Å². The molecule has 2 heterocycles. The van der Waals surface area contributed by atoms with Crippen molar-refractivity contribution in [3.8, 4) is 11.5 Å². The van der Waals surface area contributed by atoms with E-state index in [4.69, 9.17) is 9.47 Å². The van der Waals surface area contributed by atoms with Gasteiger partial charge in [-0.05, 0) is 43.0 Å². The molecule has 7 N–H and O–H groups in total. The highest BCUT2D eigenvalue weighted by Crippen LogP contribution is 2.37. The molecule has 0 amide bonds. The fraction of sp³-hybridized carbons (Fsp3) is 0.364. The summed E-state index contributed by atoms with van der Waals surface area (Å²) < 4.78 is 25.6. The van der Waals surface area contributed by atoms with Crippen LogP contribution in [0.25, 0.3) is 10.9 Å². The number of benzene rings is 2. The maximum absolute atomic E-state index is 14.3. The molecule has 1 aliphatic heterocycles. The fourth-order valence-electron chi connectivity index (χ4n) is 3.83. The Kier molecular flexibility index (Phi) is 7.59. The number of nitrogens with zero attached hydrogens (tertiary/aromatic N) is 3. The summed E-state index contributed by atoms with van der Waals surface area (Å²) in [7, 11) is 0. The fourth-order valence-corrected chi connectivity index (χ4v) is 4.16. The molecule has 0 unspecified atom stereocenters. The number of rotatable bonds is 8. The predicted octanol–water partition coefficient (Wildman–Crippen LogP) is 0.921. The molecule has 0 saturated carbocycles. The molecule has 0 radical (unpaired) electrons. The van der Waals surface area contributed by atoms with Crippen molar-refractivity contribution in [2.24, 2.45) is 5.92 Å². The first-order valence-corrected chi connectivity index (χ1v) is 11.6. The van der Waals surface area contributed by atoms with Crippen LogP contribution in [-0.2, 0) is 0 Å². The molecule has 4 rings (SSSR count). The molecule has 0 atom stereocenters. The van der Waals surface area contributed by atoms with E-state index in [0.717, 1.165) is 4.90 Å². The van der Waals surface area contributed by atoms with Gasteiger partial charge in [0.05, 0.1) is 17.8 Å². The third-order valence-electron chi connectivity index (χ3n) is 5.65. The lowest BCUT2D eigenvalue weighted by Crippen LogP contribution is -2.52. The van der Waals surface area contributed by atoms with Gasteiger partial charge in [0.25, 0.3) is 0 Å². The summed E-state index contributed by atoms with van der Waals surface area (Å²) in [4.78, 5) is 9.42. The molecule has 0 bridgehead atoms. The molecule has 1 aromatic heterocycles. The Bertz CT molecular complexity index is 1230. The zero-order valence-corrected chi connectivity index (χ0v) is 20.3. The smallest absolute Gasteiger partial charge is 0.453 e. The number of halogens is 2. The molecule has 0 aliphatic carbocycles. The Morgan fingerprint density at radius 1 is 1.03 bits per heavy atom. The lowest BCUT2D eigenvalue weighted by molar-refractivity contribution is -0.419. The van der Waals surface area contributed by atoms with Gasteiger partial charge in [0.1, 0.15) is 18.0 Å². The van der Waals surface area contributed by atoms with E-state index in [1.165, 1.54) is 30.6 Å². The minimum absolute atomic E-state index is 0.0303. The summed E-state index contributed by atoms with van der Waals surface area (Å²) in [5, 5.41) is 59.3. The van der Waals surface area contributed by atoms with Crippen LogP contribution in [0.4, 0.5) is 15.9 Å². The average molecular weight is 571 g/mol. The molecule has 1 aliphatic rings. The quantitative estimate of drug-likeness (QED) is 0.190. The zero-order valence-electron chi connectivity index (χ0n) is 18.7. The average Bonchev–Trinajstić information content (AvgIpc) is 2.78. The topological polar surface area (TPSA) is 181 Å². The van der Waals surface area contributed by atoms with Gasteiger partial charge in [-0.2, -0.15) is 0 Å². The third kappa shape index (κ3) is 6.54. The molecule has 12 nitrogen and oxygen atoms in total. The van der Waals surface area contributed by atoms with Gasteiger partial charge in [0, 0.05) is 29.0 Å². The van der Waals surface area contributed by atoms with Crippen LogP contribution < -0.4 is 14.8 Å². The molecule has 2 aromatic carbocycles. The molecule has 194 valence electrons. The Balaban J connectivity index is 1.59. The monoisotopic (exact) mass is 570 g/mol. The lowest BCUT2D eigenvalue weighted by atomic mass is 9.98. The summed E-state index contributed by atoms with van der Waals surface area (Å²) in [6.45, 7) is 0.557. The van der Waals surface area contributed by atoms with Crippen molar-refractivity contribution in [2.45, 2.75) is 25.1 Å². The van der Waals surface area contributed by atoms with E-state index in [-0.39, 0.29) is 48.6 Å². The predicted molar refractivity (Wildman–Crippen MR) is 126 cm³/mol. The second-order valence-electron chi connectivity index (χ2n) is 8.30. The van der Waals surface area contributed by atoms with Crippen LogP contribution in [0.15, 0.2) is 41.1 Å². The van der Waals surface area contributed by atoms with Gasteiger partial charge >= 0.3 is 12.3 Å². The van der Waals surface area contributed by atoms with E-state index < -0.39 is 18.1 Å². The van der Waals surface area contributed by atoms with Crippen LogP contribution in [0.3, 0.4) is 0 Å². The molecular formula is C22H24BrFN4O8. The van der Waals surface area contributed by atoms with Gasteiger partial charge < -0.3 is 45.4 Å². The first-order valence-electron chi connectivity index (χ1n) is 10.8. The Morgan fingerprint density at radius 3 is 2.39 bits per heavy atom. The number of likely N-dealkylation sites (tertiary alicyclic amines) is 1. The molecule has 1 fully saturated rings. The van der Waals surface area contributed by atoms with Crippen LogP contribution in [-0.4, -0.2) is 77.5 Å². The first kappa shape index (κ1) is 26.4. The summed E-state index contributed by atoms with van der Waals surface area (Å²) in [5.74, 6) is -0.602. The number of anilines is 2. The van der Waals surface area contributed by atoms with Crippen molar-refractivity contribution in [2.75, 3.05) is 25.0 Å². The zero-order chi connectivity index (χ0) is 26.1. The number of piperidine rings is 1. The number of hydrogen-bond acceptors (Lipinski definition) is 12. The highest BCUT2D eigenvalue weighted by molar-refractivity contribution is 9.10. The molecular weight excluding hydrogens is 547 g/mol. The highest BCUT2D eigenvalue weighted by Gasteiger charge is 2.33. The summed E-state index contributed by atoms with van der Waals surface area (Å²) in [6, 6.07) is 7.16. The number of aromatic nitrogens is 2. The van der Waals surface area contributed by atoms with Crippen molar-refractivity contribution in [3.63, 3.8) is 0 Å². The van der Waals surface area contributed by atoms with E-state index in [1.54, 1.807) is 6.07 Å². The van der Waals surface area contributed by atoms with Crippen LogP contribution in [0.2, 0.25) is 0 Å². The Hall–Kier alpha value is -2.69. The Labute approximate surface area is 212 Å². The van der Waals surface area contributed by atoms with Crippen molar-refractivity contribution in [1.82, 2.24) is 14.9 Å². The van der Waals surface area contributed by atoms with Crippen LogP contribution >= 0.6 is 15.9 Å². The largest absolute Gasteiger partial charge is 0.489 e. The molecule has 3 aromatic rings. The van der Waals surface area contributed by atoms with E-state index in [1.807, 2.05) is 0 Å². The van der Waals surface area contributed by atoms with Crippen LogP contribution in [0, 0.1) is 11.7 Å². The van der Waals surface area contributed by atoms with E-state index in [9.17, 15) is 35.0 Å². The van der Waals surface area contributed by atoms with Crippen molar-refractivity contribution < 1.29 is 44.5 Å². The number of fused-ring (bicyclic) bond motifs is 1. The second kappa shape index (κ2) is 10.4. The third-order valence-corrected chi connectivity index (χ3v) is 6.14. The number of nitrogens with one attached hydrogen (secondary N) is 1. The van der Waals surface area contributed by atoms with E-state index in [2.05, 4.69) is 31.2 Å². The normalized spacial score (nSPS) is 15.8. The van der Waals surface area contributed by atoms with Gasteiger partial charge in [0.2, 0.25) is 0 Å². The Morgan fingerprint density at radius 2 is 1.75 bits per heavy atom. The van der Waals surface area contributed by atoms with Gasteiger partial charge in [-0.15, -0.1) is 0 Å². The summed E-state index contributed by atoms with van der Waals surface area (Å²) in [5.41, 5.74) is 0.484. The minimum Gasteiger partial charge on any atom is -0.489 e. The summed E-state index contributed by atoms with van der Waals surface area (Å²) >= 11 is 3.19. The van der Waals surface area contributed by atoms with Crippen molar-refractivity contribution in [1.29, 1.82) is 0 Å². The molecule has 1 saturated heterocycles. The van der Waals surface area contributed by atoms with E-state index >= 15 is 0 Å². The molecule has 36 heavy (non-hydrogen) atoms. The van der Waals surface area contributed by atoms with Crippen molar-refractivity contribution >= 4 is 38.3 Å². The van der Waals surface area contributed by atoms with Crippen LogP contribution in [0.5, 0.6) is 11.5 Å². The maximum Gasteiger partial charge on any atom is 0.453 e. The van der Waals surface area contributed by atoms with Gasteiger partial charge in [0.15, 0.2) is 11.5 Å². The SMILES string of the molecule is OC(O)(O)Oc1cc2c(Nc3ccc(Br)cc3F)ncnc2cc1OCC1CCN(C(O)(O)O)CC1. The minimum atomic E-state index is -3.51. The number of ether oxygens (including phenoxy) is 2. The van der Waals surface area contributed by atoms with Crippen molar-refractivity contribution in [3.05, 3.63) is 46.9 Å². The number of hydrogen-bond donors (Lipinski definition) is 7. The first-order chi connectivity index (χ1) is 16.9. The maximum atomic E-state index is 14.3. The van der Waals surface area contributed by atoms with E-state index in [0.29, 0.717) is 28.2 Å². The standard InChI is InChI=1S/C22H24BrFN4O8/c23-13-1-2-16(15(24)7-13)27-20-14-8-19(36-22(32,33)34)18(9-17(14)25-11-26-20)35-10-12-3-5-28(6-4-12)21(29,30)31/h1-2,7-9,11-12,29-34H,3-6,10H2,(H,25,26,27). The second-order valence-corrected chi connectivity index (χ2v) is 9.22.